The Labute approximate surface area is 127 Å². The average Bonchev–Trinajstić information content (AvgIpc) is 3.26. The van der Waals surface area contributed by atoms with Gasteiger partial charge in [-0.3, -0.25) is 4.90 Å². The lowest BCUT2D eigenvalue weighted by Gasteiger charge is -2.20. The van der Waals surface area contributed by atoms with Gasteiger partial charge in [-0.25, -0.2) is 0 Å². The predicted octanol–water partition coefficient (Wildman–Crippen LogP) is 3.57. The third kappa shape index (κ3) is 2.46. The van der Waals surface area contributed by atoms with E-state index in [1.807, 2.05) is 31.2 Å². The van der Waals surface area contributed by atoms with Crippen molar-refractivity contribution in [1.82, 2.24) is 15.2 Å². The van der Waals surface area contributed by atoms with Gasteiger partial charge in [-0.15, -0.1) is 0 Å². The van der Waals surface area contributed by atoms with E-state index in [-0.39, 0.29) is 6.04 Å². The molecule has 1 saturated heterocycles. The zero-order valence-electron chi connectivity index (χ0n) is 12.4. The Balaban J connectivity index is 1.50. The summed E-state index contributed by atoms with van der Waals surface area (Å²) >= 11 is 0. The molecule has 0 spiro atoms. The van der Waals surface area contributed by atoms with Crippen molar-refractivity contribution in [1.29, 1.82) is 0 Å². The highest BCUT2D eigenvalue weighted by Crippen LogP contribution is 2.33. The Morgan fingerprint density at radius 2 is 2.18 bits per heavy atom. The lowest BCUT2D eigenvalue weighted by Crippen LogP contribution is -2.22. The van der Waals surface area contributed by atoms with E-state index >= 15 is 0 Å². The topological polar surface area (TPSA) is 68.4 Å². The molecule has 4 heterocycles. The first-order valence-corrected chi connectivity index (χ1v) is 7.46. The molecule has 0 aliphatic carbocycles. The van der Waals surface area contributed by atoms with E-state index in [0.717, 1.165) is 43.1 Å². The lowest BCUT2D eigenvalue weighted by atomic mass is 10.1. The van der Waals surface area contributed by atoms with Crippen LogP contribution in [-0.4, -0.2) is 21.8 Å². The molecule has 1 aliphatic rings. The van der Waals surface area contributed by atoms with Gasteiger partial charge in [0.25, 0.3) is 0 Å². The summed E-state index contributed by atoms with van der Waals surface area (Å²) in [5, 5.41) is 8.14. The molecule has 4 rings (SSSR count). The van der Waals surface area contributed by atoms with E-state index in [9.17, 15) is 0 Å². The third-order valence-electron chi connectivity index (χ3n) is 4.03. The molecule has 114 valence electrons. The minimum Gasteiger partial charge on any atom is -0.461 e. The molecular formula is C16H17N3O3. The van der Waals surface area contributed by atoms with Gasteiger partial charge >= 0.3 is 0 Å². The van der Waals surface area contributed by atoms with Crippen molar-refractivity contribution in [2.45, 2.75) is 32.4 Å². The van der Waals surface area contributed by atoms with Gasteiger partial charge < -0.3 is 13.5 Å². The number of likely N-dealkylation sites (tertiary alicyclic amines) is 1. The molecule has 0 N–H and O–H groups in total. The van der Waals surface area contributed by atoms with Crippen molar-refractivity contribution in [3.63, 3.8) is 0 Å². The van der Waals surface area contributed by atoms with Crippen molar-refractivity contribution in [2.24, 2.45) is 0 Å². The van der Waals surface area contributed by atoms with E-state index in [4.69, 9.17) is 13.5 Å². The van der Waals surface area contributed by atoms with Crippen LogP contribution in [0, 0.1) is 6.92 Å². The van der Waals surface area contributed by atoms with E-state index < -0.39 is 0 Å². The number of aromatic nitrogens is 2. The van der Waals surface area contributed by atoms with Gasteiger partial charge in [0, 0.05) is 18.7 Å². The van der Waals surface area contributed by atoms with Crippen LogP contribution in [0.4, 0.5) is 0 Å². The van der Waals surface area contributed by atoms with Crippen molar-refractivity contribution in [3.05, 3.63) is 47.7 Å². The first-order valence-electron chi connectivity index (χ1n) is 7.46. The van der Waals surface area contributed by atoms with Gasteiger partial charge in [0.2, 0.25) is 5.76 Å². The fourth-order valence-corrected chi connectivity index (χ4v) is 3.01. The first kappa shape index (κ1) is 13.3. The van der Waals surface area contributed by atoms with E-state index in [0.29, 0.717) is 11.5 Å². The summed E-state index contributed by atoms with van der Waals surface area (Å²) in [5.41, 5.74) is 1.82. The van der Waals surface area contributed by atoms with Crippen LogP contribution in [0.15, 0.2) is 44.0 Å². The number of nitrogens with zero attached hydrogens (tertiary/aromatic N) is 3. The summed E-state index contributed by atoms with van der Waals surface area (Å²) in [4.78, 5) is 2.35. The summed E-state index contributed by atoms with van der Waals surface area (Å²) in [6, 6.07) is 7.91. The van der Waals surface area contributed by atoms with Crippen molar-refractivity contribution in [3.8, 4) is 11.5 Å². The Bertz CT molecular complexity index is 744. The quantitative estimate of drug-likeness (QED) is 0.733. The van der Waals surface area contributed by atoms with Gasteiger partial charge in [0.1, 0.15) is 0 Å². The van der Waals surface area contributed by atoms with E-state index in [1.54, 1.807) is 6.26 Å². The van der Waals surface area contributed by atoms with E-state index in [2.05, 4.69) is 15.2 Å². The average molecular weight is 299 g/mol. The standard InChI is InChI=1S/C16H17N3O3/c1-11-8-15(21-17-11)13-4-2-6-19(13)10-12-9-16(22-18-12)14-5-3-7-20-14/h3,5,7-9,13H,2,4,6,10H2,1H3/t13-/m1/s1. The SMILES string of the molecule is Cc1cc([C@H]2CCCN2Cc2cc(-c3ccco3)on2)on1. The van der Waals surface area contributed by atoms with Crippen LogP contribution in [0.5, 0.6) is 0 Å². The van der Waals surface area contributed by atoms with Crippen LogP contribution in [0.1, 0.15) is 36.0 Å². The minimum atomic E-state index is 0.268. The van der Waals surface area contributed by atoms with Crippen LogP contribution < -0.4 is 0 Å². The molecule has 0 amide bonds. The molecule has 1 atom stereocenters. The summed E-state index contributed by atoms with van der Waals surface area (Å²) in [5.74, 6) is 2.29. The highest BCUT2D eigenvalue weighted by atomic mass is 16.5. The van der Waals surface area contributed by atoms with E-state index in [1.165, 1.54) is 0 Å². The summed E-state index contributed by atoms with van der Waals surface area (Å²) in [6.07, 6.45) is 3.85. The zero-order chi connectivity index (χ0) is 14.9. The number of hydrogen-bond acceptors (Lipinski definition) is 6. The largest absolute Gasteiger partial charge is 0.461 e. The molecule has 0 saturated carbocycles. The molecule has 3 aromatic rings. The van der Waals surface area contributed by atoms with Crippen LogP contribution in [0.2, 0.25) is 0 Å². The lowest BCUT2D eigenvalue weighted by molar-refractivity contribution is 0.202. The third-order valence-corrected chi connectivity index (χ3v) is 4.03. The fraction of sp³-hybridized carbons (Fsp3) is 0.375. The first-order chi connectivity index (χ1) is 10.8. The van der Waals surface area contributed by atoms with Gasteiger partial charge in [-0.05, 0) is 38.4 Å². The molecule has 0 radical (unpaired) electrons. The second-order valence-electron chi connectivity index (χ2n) is 5.66. The summed E-state index contributed by atoms with van der Waals surface area (Å²) in [7, 11) is 0. The molecule has 1 fully saturated rings. The van der Waals surface area contributed by atoms with Gasteiger partial charge in [0.15, 0.2) is 11.5 Å². The number of aryl methyl sites for hydroxylation is 1. The van der Waals surface area contributed by atoms with Gasteiger partial charge in [0.05, 0.1) is 23.7 Å². The maximum atomic E-state index is 5.43. The highest BCUT2D eigenvalue weighted by molar-refractivity contribution is 5.49. The molecule has 0 aromatic carbocycles. The Kier molecular flexibility index (Phi) is 3.31. The van der Waals surface area contributed by atoms with Crippen LogP contribution in [0.3, 0.4) is 0 Å². The van der Waals surface area contributed by atoms with Gasteiger partial charge in [-0.1, -0.05) is 10.3 Å². The Hall–Kier alpha value is -2.34. The number of rotatable bonds is 4. The Morgan fingerprint density at radius 1 is 1.23 bits per heavy atom. The molecule has 6 heteroatoms. The summed E-state index contributed by atoms with van der Waals surface area (Å²) in [6.45, 7) is 3.70. The van der Waals surface area contributed by atoms with Crippen molar-refractivity contribution >= 4 is 0 Å². The second-order valence-corrected chi connectivity index (χ2v) is 5.66. The molecule has 22 heavy (non-hydrogen) atoms. The highest BCUT2D eigenvalue weighted by Gasteiger charge is 2.29. The molecular weight excluding hydrogens is 282 g/mol. The zero-order valence-corrected chi connectivity index (χ0v) is 12.4. The fourth-order valence-electron chi connectivity index (χ4n) is 3.01. The molecule has 3 aromatic heterocycles. The normalized spacial score (nSPS) is 19.0. The smallest absolute Gasteiger partial charge is 0.202 e. The minimum absolute atomic E-state index is 0.268. The van der Waals surface area contributed by atoms with Crippen LogP contribution in [-0.2, 0) is 6.54 Å². The van der Waals surface area contributed by atoms with Crippen molar-refractivity contribution in [2.75, 3.05) is 6.54 Å². The number of hydrogen-bond donors (Lipinski definition) is 0. The molecule has 0 bridgehead atoms. The predicted molar refractivity (Wildman–Crippen MR) is 77.8 cm³/mol. The monoisotopic (exact) mass is 299 g/mol. The van der Waals surface area contributed by atoms with Gasteiger partial charge in [-0.2, -0.15) is 0 Å². The van der Waals surface area contributed by atoms with Crippen LogP contribution >= 0.6 is 0 Å². The van der Waals surface area contributed by atoms with Crippen molar-refractivity contribution < 1.29 is 13.5 Å². The van der Waals surface area contributed by atoms with Crippen LogP contribution in [0.25, 0.3) is 11.5 Å². The maximum absolute atomic E-state index is 5.43. The Morgan fingerprint density at radius 3 is 2.95 bits per heavy atom. The second kappa shape index (κ2) is 5.46. The molecule has 6 nitrogen and oxygen atoms in total. The molecule has 1 aliphatic heterocycles. The maximum Gasteiger partial charge on any atom is 0.202 e. The number of furan rings is 1. The summed E-state index contributed by atoms with van der Waals surface area (Å²) < 4.78 is 16.1. The molecule has 0 unspecified atom stereocenters.